The van der Waals surface area contributed by atoms with E-state index in [0.29, 0.717) is 6.54 Å². The Bertz CT molecular complexity index is 480. The maximum Gasteiger partial charge on any atom is 0.231 e. The van der Waals surface area contributed by atoms with Crippen molar-refractivity contribution in [3.8, 4) is 6.07 Å². The molecule has 4 nitrogen and oxygen atoms in total. The fraction of sp³-hybridized carbons (Fsp3) is 0.385. The van der Waals surface area contributed by atoms with E-state index >= 15 is 0 Å². The van der Waals surface area contributed by atoms with Crippen LogP contribution >= 0.6 is 0 Å². The van der Waals surface area contributed by atoms with Crippen LogP contribution in [0.2, 0.25) is 0 Å². The predicted octanol–water partition coefficient (Wildman–Crippen LogP) is 1.39. The van der Waals surface area contributed by atoms with Crippen LogP contribution in [-0.2, 0) is 11.3 Å². The smallest absolute Gasteiger partial charge is 0.231 e. The normalized spacial score (nSPS) is 10.7. The number of amides is 1. The van der Waals surface area contributed by atoms with Gasteiger partial charge < -0.3 is 5.73 Å². The van der Waals surface area contributed by atoms with Crippen molar-refractivity contribution >= 4 is 5.91 Å². The molecular formula is C13H16FN3O. The molecule has 1 aromatic carbocycles. The molecule has 0 aromatic heterocycles. The Morgan fingerprint density at radius 3 is 2.72 bits per heavy atom. The molecule has 1 amide bonds. The van der Waals surface area contributed by atoms with Crippen molar-refractivity contribution < 1.29 is 9.18 Å². The standard InChI is InChI=1S/C13H16FN3O/c1-9(2)17(8-13(16)18)7-10-3-4-12(14)11(5-10)6-15/h3-5,9H,7-8H2,1-2H3,(H2,16,18). The van der Waals surface area contributed by atoms with E-state index in [1.807, 2.05) is 18.7 Å². The number of hydrogen-bond acceptors (Lipinski definition) is 3. The van der Waals surface area contributed by atoms with Crippen molar-refractivity contribution in [1.29, 1.82) is 5.26 Å². The van der Waals surface area contributed by atoms with Crippen LogP contribution in [0.15, 0.2) is 18.2 Å². The molecule has 0 fully saturated rings. The summed E-state index contributed by atoms with van der Waals surface area (Å²) in [6, 6.07) is 6.28. The summed E-state index contributed by atoms with van der Waals surface area (Å²) in [5, 5.41) is 8.75. The summed E-state index contributed by atoms with van der Waals surface area (Å²) in [5.41, 5.74) is 5.96. The molecule has 0 radical (unpaired) electrons. The first-order chi connectivity index (χ1) is 8.43. The maximum atomic E-state index is 13.2. The minimum absolute atomic E-state index is 0.00952. The Kier molecular flexibility index (Phi) is 4.81. The van der Waals surface area contributed by atoms with Crippen LogP contribution in [-0.4, -0.2) is 23.4 Å². The second-order valence-corrected chi connectivity index (χ2v) is 4.39. The molecule has 0 bridgehead atoms. The number of primary amides is 1. The Morgan fingerprint density at radius 2 is 2.22 bits per heavy atom. The summed E-state index contributed by atoms with van der Waals surface area (Å²) in [5.74, 6) is -0.946. The highest BCUT2D eigenvalue weighted by Gasteiger charge is 2.13. The third kappa shape index (κ3) is 3.82. The summed E-state index contributed by atoms with van der Waals surface area (Å²) >= 11 is 0. The molecule has 0 aliphatic rings. The van der Waals surface area contributed by atoms with Gasteiger partial charge in [0.05, 0.1) is 12.1 Å². The molecule has 1 aromatic rings. The topological polar surface area (TPSA) is 70.1 Å². The predicted molar refractivity (Wildman–Crippen MR) is 65.9 cm³/mol. The van der Waals surface area contributed by atoms with Crippen molar-refractivity contribution in [1.82, 2.24) is 4.90 Å². The molecule has 1 rings (SSSR count). The number of carbonyl (C=O) groups excluding carboxylic acids is 1. The van der Waals surface area contributed by atoms with E-state index in [0.717, 1.165) is 5.56 Å². The molecule has 0 aliphatic heterocycles. The molecule has 0 spiro atoms. The number of benzene rings is 1. The summed E-state index contributed by atoms with van der Waals surface area (Å²) in [4.78, 5) is 12.8. The second kappa shape index (κ2) is 6.12. The van der Waals surface area contributed by atoms with Crippen LogP contribution in [0, 0.1) is 17.1 Å². The lowest BCUT2D eigenvalue weighted by Crippen LogP contribution is -2.37. The Balaban J connectivity index is 2.87. The van der Waals surface area contributed by atoms with Gasteiger partial charge in [-0.2, -0.15) is 5.26 Å². The lowest BCUT2D eigenvalue weighted by atomic mass is 10.1. The van der Waals surface area contributed by atoms with Gasteiger partial charge in [-0.25, -0.2) is 4.39 Å². The summed E-state index contributed by atoms with van der Waals surface area (Å²) in [6.45, 7) is 4.47. The van der Waals surface area contributed by atoms with Gasteiger partial charge >= 0.3 is 0 Å². The van der Waals surface area contributed by atoms with Gasteiger partial charge in [-0.15, -0.1) is 0 Å². The molecule has 0 saturated heterocycles. The molecule has 0 atom stereocenters. The van der Waals surface area contributed by atoms with E-state index in [2.05, 4.69) is 0 Å². The Morgan fingerprint density at radius 1 is 1.56 bits per heavy atom. The molecule has 2 N–H and O–H groups in total. The molecule has 96 valence electrons. The number of nitrogens with zero attached hydrogens (tertiary/aromatic N) is 2. The summed E-state index contributed by atoms with van der Waals surface area (Å²) in [6.07, 6.45) is 0. The molecular weight excluding hydrogens is 233 g/mol. The summed E-state index contributed by atoms with van der Waals surface area (Å²) in [7, 11) is 0. The van der Waals surface area contributed by atoms with Crippen molar-refractivity contribution in [2.75, 3.05) is 6.54 Å². The van der Waals surface area contributed by atoms with E-state index in [1.165, 1.54) is 12.1 Å². The number of nitriles is 1. The molecule has 0 heterocycles. The van der Waals surface area contributed by atoms with Crippen LogP contribution in [0.5, 0.6) is 0 Å². The lowest BCUT2D eigenvalue weighted by molar-refractivity contribution is -0.119. The highest BCUT2D eigenvalue weighted by atomic mass is 19.1. The average Bonchev–Trinajstić information content (AvgIpc) is 2.29. The molecule has 18 heavy (non-hydrogen) atoms. The minimum atomic E-state index is -0.535. The van der Waals surface area contributed by atoms with E-state index in [9.17, 15) is 9.18 Å². The van der Waals surface area contributed by atoms with Gasteiger partial charge in [0.1, 0.15) is 11.9 Å². The number of halogens is 1. The largest absolute Gasteiger partial charge is 0.369 e. The van der Waals surface area contributed by atoms with Gasteiger partial charge in [-0.05, 0) is 31.5 Å². The number of carbonyl (C=O) groups is 1. The Hall–Kier alpha value is -1.93. The molecule has 0 unspecified atom stereocenters. The van der Waals surface area contributed by atoms with E-state index in [-0.39, 0.29) is 18.2 Å². The van der Waals surface area contributed by atoms with Crippen molar-refractivity contribution in [2.45, 2.75) is 26.4 Å². The van der Waals surface area contributed by atoms with Crippen LogP contribution in [0.1, 0.15) is 25.0 Å². The van der Waals surface area contributed by atoms with Gasteiger partial charge in [-0.1, -0.05) is 6.07 Å². The van der Waals surface area contributed by atoms with E-state index in [1.54, 1.807) is 12.1 Å². The summed E-state index contributed by atoms with van der Waals surface area (Å²) < 4.78 is 13.2. The average molecular weight is 249 g/mol. The zero-order valence-corrected chi connectivity index (χ0v) is 10.5. The highest BCUT2D eigenvalue weighted by Crippen LogP contribution is 2.13. The fourth-order valence-corrected chi connectivity index (χ4v) is 1.61. The van der Waals surface area contributed by atoms with Crippen LogP contribution in [0.4, 0.5) is 4.39 Å². The van der Waals surface area contributed by atoms with E-state index in [4.69, 9.17) is 11.0 Å². The first kappa shape index (κ1) is 14.1. The van der Waals surface area contributed by atoms with Crippen LogP contribution in [0.3, 0.4) is 0 Å². The monoisotopic (exact) mass is 249 g/mol. The molecule has 0 aliphatic carbocycles. The first-order valence-corrected chi connectivity index (χ1v) is 5.65. The van der Waals surface area contributed by atoms with Gasteiger partial charge in [0.2, 0.25) is 5.91 Å². The lowest BCUT2D eigenvalue weighted by Gasteiger charge is -2.25. The van der Waals surface area contributed by atoms with Crippen molar-refractivity contribution in [2.24, 2.45) is 5.73 Å². The van der Waals surface area contributed by atoms with Gasteiger partial charge in [0.25, 0.3) is 0 Å². The highest BCUT2D eigenvalue weighted by molar-refractivity contribution is 5.75. The molecule has 5 heteroatoms. The minimum Gasteiger partial charge on any atom is -0.369 e. The van der Waals surface area contributed by atoms with Gasteiger partial charge in [0.15, 0.2) is 0 Å². The maximum absolute atomic E-state index is 13.2. The van der Waals surface area contributed by atoms with Crippen LogP contribution in [0.25, 0.3) is 0 Å². The van der Waals surface area contributed by atoms with Gasteiger partial charge in [-0.3, -0.25) is 9.69 Å². The quantitative estimate of drug-likeness (QED) is 0.857. The number of hydrogen-bond donors (Lipinski definition) is 1. The zero-order chi connectivity index (χ0) is 13.7. The third-order valence-electron chi connectivity index (χ3n) is 2.63. The first-order valence-electron chi connectivity index (χ1n) is 5.65. The second-order valence-electron chi connectivity index (χ2n) is 4.39. The zero-order valence-electron chi connectivity index (χ0n) is 10.5. The SMILES string of the molecule is CC(C)N(CC(N)=O)Cc1ccc(F)c(C#N)c1. The number of nitrogens with two attached hydrogens (primary N) is 1. The Labute approximate surface area is 106 Å². The fourth-order valence-electron chi connectivity index (χ4n) is 1.61. The van der Waals surface area contributed by atoms with Crippen LogP contribution < -0.4 is 5.73 Å². The number of rotatable bonds is 5. The third-order valence-corrected chi connectivity index (χ3v) is 2.63. The van der Waals surface area contributed by atoms with Crippen molar-refractivity contribution in [3.05, 3.63) is 35.1 Å². The van der Waals surface area contributed by atoms with E-state index < -0.39 is 11.7 Å². The van der Waals surface area contributed by atoms with Crippen molar-refractivity contribution in [3.63, 3.8) is 0 Å². The van der Waals surface area contributed by atoms with Gasteiger partial charge in [0, 0.05) is 12.6 Å². The molecule has 0 saturated carbocycles.